The molecule has 0 saturated heterocycles. The molecular formula is C13H15F3O2. The monoisotopic (exact) mass is 260 g/mol. The molecule has 1 aromatic rings. The van der Waals surface area contributed by atoms with Crippen LogP contribution >= 0.6 is 0 Å². The average molecular weight is 260 g/mol. The molecule has 2 rings (SSSR count). The highest BCUT2D eigenvalue weighted by molar-refractivity contribution is 5.28. The molecule has 1 aliphatic rings. The van der Waals surface area contributed by atoms with Crippen molar-refractivity contribution in [2.45, 2.75) is 31.2 Å². The minimum absolute atomic E-state index is 0.250. The first-order valence-corrected chi connectivity index (χ1v) is 5.81. The van der Waals surface area contributed by atoms with Gasteiger partial charge in [0, 0.05) is 7.11 Å². The van der Waals surface area contributed by atoms with E-state index in [0.29, 0.717) is 0 Å². The Morgan fingerprint density at radius 2 is 2.00 bits per heavy atom. The predicted molar refractivity (Wildman–Crippen MR) is 59.9 cm³/mol. The SMILES string of the molecule is COC(C1CC1)C(O)c1cccc(C(F)(F)F)c1. The molecule has 0 heterocycles. The van der Waals surface area contributed by atoms with Gasteiger partial charge in [-0.2, -0.15) is 13.2 Å². The van der Waals surface area contributed by atoms with Crippen molar-refractivity contribution in [3.63, 3.8) is 0 Å². The molecule has 100 valence electrons. The van der Waals surface area contributed by atoms with E-state index in [2.05, 4.69) is 0 Å². The third kappa shape index (κ3) is 2.84. The first-order valence-electron chi connectivity index (χ1n) is 5.81. The van der Waals surface area contributed by atoms with Gasteiger partial charge >= 0.3 is 6.18 Å². The quantitative estimate of drug-likeness (QED) is 0.901. The molecule has 1 saturated carbocycles. The van der Waals surface area contributed by atoms with Crippen molar-refractivity contribution in [3.05, 3.63) is 35.4 Å². The summed E-state index contributed by atoms with van der Waals surface area (Å²) >= 11 is 0. The van der Waals surface area contributed by atoms with Gasteiger partial charge in [-0.15, -0.1) is 0 Å². The number of hydrogen-bond donors (Lipinski definition) is 1. The van der Waals surface area contributed by atoms with Gasteiger partial charge in [0.25, 0.3) is 0 Å². The van der Waals surface area contributed by atoms with E-state index in [0.717, 1.165) is 25.0 Å². The Morgan fingerprint density at radius 1 is 1.33 bits per heavy atom. The van der Waals surface area contributed by atoms with E-state index in [9.17, 15) is 18.3 Å². The van der Waals surface area contributed by atoms with Gasteiger partial charge in [-0.3, -0.25) is 0 Å². The molecule has 0 aromatic heterocycles. The van der Waals surface area contributed by atoms with Crippen LogP contribution in [0.2, 0.25) is 0 Å². The van der Waals surface area contributed by atoms with E-state index in [1.807, 2.05) is 0 Å². The first-order chi connectivity index (χ1) is 8.43. The van der Waals surface area contributed by atoms with Crippen LogP contribution in [0.4, 0.5) is 13.2 Å². The molecule has 5 heteroatoms. The van der Waals surface area contributed by atoms with E-state index in [1.54, 1.807) is 0 Å². The number of aliphatic hydroxyl groups excluding tert-OH is 1. The van der Waals surface area contributed by atoms with Crippen molar-refractivity contribution in [1.29, 1.82) is 0 Å². The Bertz CT molecular complexity index is 413. The molecule has 0 spiro atoms. The Hall–Kier alpha value is -1.07. The lowest BCUT2D eigenvalue weighted by Gasteiger charge is -2.22. The summed E-state index contributed by atoms with van der Waals surface area (Å²) in [4.78, 5) is 0. The van der Waals surface area contributed by atoms with E-state index in [-0.39, 0.29) is 11.5 Å². The molecular weight excluding hydrogens is 245 g/mol. The zero-order chi connectivity index (χ0) is 13.3. The molecule has 0 bridgehead atoms. The second-order valence-electron chi connectivity index (χ2n) is 4.61. The number of aliphatic hydroxyl groups is 1. The van der Waals surface area contributed by atoms with Crippen LogP contribution in [-0.2, 0) is 10.9 Å². The maximum absolute atomic E-state index is 12.6. The van der Waals surface area contributed by atoms with Crippen molar-refractivity contribution in [2.24, 2.45) is 5.92 Å². The van der Waals surface area contributed by atoms with Gasteiger partial charge in [-0.1, -0.05) is 12.1 Å². The molecule has 2 unspecified atom stereocenters. The van der Waals surface area contributed by atoms with Gasteiger partial charge in [0.2, 0.25) is 0 Å². The van der Waals surface area contributed by atoms with Crippen molar-refractivity contribution in [2.75, 3.05) is 7.11 Å². The fraction of sp³-hybridized carbons (Fsp3) is 0.538. The average Bonchev–Trinajstić information content (AvgIpc) is 3.13. The highest BCUT2D eigenvalue weighted by Gasteiger charge is 2.37. The van der Waals surface area contributed by atoms with Crippen molar-refractivity contribution >= 4 is 0 Å². The number of halogens is 3. The van der Waals surface area contributed by atoms with E-state index in [1.165, 1.54) is 19.2 Å². The highest BCUT2D eigenvalue weighted by Crippen LogP contribution is 2.40. The Labute approximate surface area is 103 Å². The second-order valence-corrected chi connectivity index (χ2v) is 4.61. The first kappa shape index (κ1) is 13.4. The fourth-order valence-electron chi connectivity index (χ4n) is 2.09. The molecule has 18 heavy (non-hydrogen) atoms. The van der Waals surface area contributed by atoms with Crippen LogP contribution in [0.3, 0.4) is 0 Å². The van der Waals surface area contributed by atoms with Crippen molar-refractivity contribution < 1.29 is 23.0 Å². The number of methoxy groups -OCH3 is 1. The Morgan fingerprint density at radius 3 is 2.50 bits per heavy atom. The molecule has 0 aliphatic heterocycles. The van der Waals surface area contributed by atoms with E-state index < -0.39 is 23.9 Å². The summed E-state index contributed by atoms with van der Waals surface area (Å²) in [6.07, 6.45) is -3.92. The summed E-state index contributed by atoms with van der Waals surface area (Å²) in [5.41, 5.74) is -0.492. The zero-order valence-corrected chi connectivity index (χ0v) is 9.95. The van der Waals surface area contributed by atoms with Gasteiger partial charge in [-0.05, 0) is 36.5 Å². The normalized spacial score (nSPS) is 19.6. The lowest BCUT2D eigenvalue weighted by atomic mass is 9.99. The molecule has 2 nitrogen and oxygen atoms in total. The van der Waals surface area contributed by atoms with Crippen LogP contribution in [0.1, 0.15) is 30.1 Å². The fourth-order valence-corrected chi connectivity index (χ4v) is 2.09. The number of hydrogen-bond acceptors (Lipinski definition) is 2. The maximum atomic E-state index is 12.6. The minimum atomic E-state index is -4.39. The van der Waals surface area contributed by atoms with Crippen LogP contribution in [0, 0.1) is 5.92 Å². The summed E-state index contributed by atoms with van der Waals surface area (Å²) in [7, 11) is 1.47. The van der Waals surface area contributed by atoms with E-state index in [4.69, 9.17) is 4.74 Å². The van der Waals surface area contributed by atoms with Crippen molar-refractivity contribution in [3.8, 4) is 0 Å². The second kappa shape index (κ2) is 4.90. The maximum Gasteiger partial charge on any atom is 0.416 e. The molecule has 1 N–H and O–H groups in total. The van der Waals surface area contributed by atoms with Crippen LogP contribution in [0.15, 0.2) is 24.3 Å². The zero-order valence-electron chi connectivity index (χ0n) is 9.95. The third-order valence-corrected chi connectivity index (χ3v) is 3.23. The van der Waals surface area contributed by atoms with Crippen LogP contribution in [0.5, 0.6) is 0 Å². The molecule has 0 radical (unpaired) electrons. The lowest BCUT2D eigenvalue weighted by Crippen LogP contribution is -2.23. The summed E-state index contributed by atoms with van der Waals surface area (Å²) in [5, 5.41) is 10.1. The Kier molecular flexibility index (Phi) is 3.64. The lowest BCUT2D eigenvalue weighted by molar-refractivity contribution is -0.137. The van der Waals surface area contributed by atoms with Gasteiger partial charge in [-0.25, -0.2) is 0 Å². The topological polar surface area (TPSA) is 29.5 Å². The number of ether oxygens (including phenoxy) is 1. The Balaban J connectivity index is 2.21. The van der Waals surface area contributed by atoms with Crippen LogP contribution in [0.25, 0.3) is 0 Å². The van der Waals surface area contributed by atoms with Gasteiger partial charge in [0.15, 0.2) is 0 Å². The highest BCUT2D eigenvalue weighted by atomic mass is 19.4. The van der Waals surface area contributed by atoms with Crippen LogP contribution in [-0.4, -0.2) is 18.3 Å². The van der Waals surface area contributed by atoms with Gasteiger partial charge < -0.3 is 9.84 Å². The number of rotatable bonds is 4. The summed E-state index contributed by atoms with van der Waals surface area (Å²) in [5.74, 6) is 0.250. The van der Waals surface area contributed by atoms with Gasteiger partial charge in [0.05, 0.1) is 11.7 Å². The largest absolute Gasteiger partial charge is 0.416 e. The molecule has 1 aliphatic carbocycles. The van der Waals surface area contributed by atoms with E-state index >= 15 is 0 Å². The number of benzene rings is 1. The molecule has 2 atom stereocenters. The molecule has 1 fully saturated rings. The van der Waals surface area contributed by atoms with Crippen LogP contribution < -0.4 is 0 Å². The predicted octanol–water partition coefficient (Wildman–Crippen LogP) is 3.16. The van der Waals surface area contributed by atoms with Crippen molar-refractivity contribution in [1.82, 2.24) is 0 Å². The smallest absolute Gasteiger partial charge is 0.386 e. The number of alkyl halides is 3. The summed E-state index contributed by atoms with van der Waals surface area (Å²) < 4.78 is 42.9. The van der Waals surface area contributed by atoms with Gasteiger partial charge in [0.1, 0.15) is 6.10 Å². The summed E-state index contributed by atoms with van der Waals surface area (Å²) in [6.45, 7) is 0. The third-order valence-electron chi connectivity index (χ3n) is 3.23. The minimum Gasteiger partial charge on any atom is -0.386 e. The summed E-state index contributed by atoms with van der Waals surface area (Å²) in [6, 6.07) is 4.78. The molecule has 0 amide bonds. The standard InChI is InChI=1S/C13H15F3O2/c1-18-12(8-5-6-8)11(17)9-3-2-4-10(7-9)13(14,15)16/h2-4,7-8,11-12,17H,5-6H2,1H3. The molecule has 1 aromatic carbocycles.